The molecule has 2 atom stereocenters. The lowest BCUT2D eigenvalue weighted by atomic mass is 9.73. The van der Waals surface area contributed by atoms with Crippen LogP contribution >= 0.6 is 34.4 Å². The molecule has 2 aliphatic rings. The Morgan fingerprint density at radius 2 is 2.17 bits per heavy atom. The SMILES string of the molecule is CCSCCOC(=O)C1=C(C)NC2=C(C(=O)C[C@@H](c3cccs3)C2)[C@H]1c1ccsc1. The number of nitrogens with one attached hydrogen (secondary N) is 1. The van der Waals surface area contributed by atoms with Gasteiger partial charge in [-0.2, -0.15) is 23.1 Å². The number of ether oxygens (including phenoxy) is 1. The average molecular weight is 460 g/mol. The third-order valence-electron chi connectivity index (χ3n) is 5.53. The van der Waals surface area contributed by atoms with Crippen molar-refractivity contribution in [1.29, 1.82) is 0 Å². The number of esters is 1. The number of rotatable bonds is 7. The molecule has 158 valence electrons. The molecule has 1 N–H and O–H groups in total. The number of thioether (sulfide) groups is 1. The van der Waals surface area contributed by atoms with Crippen LogP contribution in [0.25, 0.3) is 0 Å². The summed E-state index contributed by atoms with van der Waals surface area (Å²) in [5.74, 6) is 1.41. The van der Waals surface area contributed by atoms with Gasteiger partial charge in [-0.1, -0.05) is 13.0 Å². The van der Waals surface area contributed by atoms with Crippen molar-refractivity contribution in [2.75, 3.05) is 18.1 Å². The Bertz CT molecular complexity index is 974. The highest BCUT2D eigenvalue weighted by Crippen LogP contribution is 2.46. The molecular weight excluding hydrogens is 434 g/mol. The van der Waals surface area contributed by atoms with Gasteiger partial charge in [0.25, 0.3) is 0 Å². The van der Waals surface area contributed by atoms with Gasteiger partial charge in [-0.25, -0.2) is 4.79 Å². The molecule has 2 aromatic heterocycles. The molecule has 0 unspecified atom stereocenters. The van der Waals surface area contributed by atoms with Crippen molar-refractivity contribution in [1.82, 2.24) is 5.32 Å². The van der Waals surface area contributed by atoms with Crippen LogP contribution in [0.5, 0.6) is 0 Å². The van der Waals surface area contributed by atoms with E-state index in [2.05, 4.69) is 23.7 Å². The van der Waals surface area contributed by atoms with Gasteiger partial charge in [0.2, 0.25) is 0 Å². The van der Waals surface area contributed by atoms with E-state index in [0.29, 0.717) is 18.6 Å². The van der Waals surface area contributed by atoms with Gasteiger partial charge in [0.1, 0.15) is 6.61 Å². The Balaban J connectivity index is 1.66. The zero-order valence-electron chi connectivity index (χ0n) is 17.1. The number of allylic oxidation sites excluding steroid dienone is 3. The molecular formula is C23H25NO3S3. The first-order chi connectivity index (χ1) is 14.6. The lowest BCUT2D eigenvalue weighted by molar-refractivity contribution is -0.138. The van der Waals surface area contributed by atoms with Crippen LogP contribution in [0.3, 0.4) is 0 Å². The summed E-state index contributed by atoms with van der Waals surface area (Å²) in [6.07, 6.45) is 1.27. The van der Waals surface area contributed by atoms with Crippen LogP contribution in [0, 0.1) is 0 Å². The maximum Gasteiger partial charge on any atom is 0.336 e. The molecule has 0 fully saturated rings. The lowest BCUT2D eigenvalue weighted by Crippen LogP contribution is -2.36. The lowest BCUT2D eigenvalue weighted by Gasteiger charge is -2.36. The van der Waals surface area contributed by atoms with Crippen molar-refractivity contribution in [2.24, 2.45) is 0 Å². The topological polar surface area (TPSA) is 55.4 Å². The Morgan fingerprint density at radius 3 is 2.87 bits per heavy atom. The molecule has 0 saturated heterocycles. The smallest absolute Gasteiger partial charge is 0.336 e. The molecule has 3 heterocycles. The van der Waals surface area contributed by atoms with Gasteiger partial charge in [-0.15, -0.1) is 11.3 Å². The van der Waals surface area contributed by atoms with E-state index in [1.165, 1.54) is 4.88 Å². The minimum absolute atomic E-state index is 0.123. The van der Waals surface area contributed by atoms with Crippen LogP contribution in [0.1, 0.15) is 49.0 Å². The van der Waals surface area contributed by atoms with Gasteiger partial charge >= 0.3 is 5.97 Å². The van der Waals surface area contributed by atoms with Crippen LogP contribution in [0.4, 0.5) is 0 Å². The summed E-state index contributed by atoms with van der Waals surface area (Å²) in [5, 5.41) is 9.49. The van der Waals surface area contributed by atoms with Gasteiger partial charge in [-0.05, 0) is 52.9 Å². The van der Waals surface area contributed by atoms with E-state index in [1.54, 1.807) is 34.4 Å². The van der Waals surface area contributed by atoms with Gasteiger partial charge in [0, 0.05) is 45.9 Å². The molecule has 0 saturated carbocycles. The molecule has 0 radical (unpaired) electrons. The zero-order valence-corrected chi connectivity index (χ0v) is 19.6. The summed E-state index contributed by atoms with van der Waals surface area (Å²) in [4.78, 5) is 27.6. The molecule has 0 spiro atoms. The summed E-state index contributed by atoms with van der Waals surface area (Å²) in [5.41, 5.74) is 4.04. The summed E-state index contributed by atoms with van der Waals surface area (Å²) in [6, 6.07) is 6.15. The minimum Gasteiger partial charge on any atom is -0.461 e. The minimum atomic E-state index is -0.351. The van der Waals surface area contributed by atoms with Gasteiger partial charge in [0.05, 0.1) is 5.57 Å². The second-order valence-corrected chi connectivity index (χ2v) is 10.6. The number of thiophene rings is 2. The maximum atomic E-state index is 13.3. The van der Waals surface area contributed by atoms with Crippen LogP contribution in [-0.2, 0) is 14.3 Å². The highest BCUT2D eigenvalue weighted by molar-refractivity contribution is 7.99. The molecule has 0 aromatic carbocycles. The predicted octanol–water partition coefficient (Wildman–Crippen LogP) is 5.47. The standard InChI is InChI=1S/C23H25NO3S3/c1-3-28-10-7-27-23(26)20-14(2)24-17-11-16(19-5-4-8-30-19)12-18(25)22(17)21(20)15-6-9-29-13-15/h4-6,8-9,13,16,21,24H,3,7,10-12H2,1-2H3/t16-,21-/m0/s1. The first kappa shape index (κ1) is 21.4. The van der Waals surface area contributed by atoms with E-state index in [1.807, 2.05) is 29.8 Å². The number of dihydropyridines is 1. The van der Waals surface area contributed by atoms with E-state index in [9.17, 15) is 9.59 Å². The van der Waals surface area contributed by atoms with Crippen molar-refractivity contribution >= 4 is 46.2 Å². The third kappa shape index (κ3) is 4.29. The van der Waals surface area contributed by atoms with Gasteiger partial charge in [-0.3, -0.25) is 4.79 Å². The monoisotopic (exact) mass is 459 g/mol. The molecule has 0 bridgehead atoms. The Kier molecular flexibility index (Phi) is 6.80. The molecule has 30 heavy (non-hydrogen) atoms. The molecule has 7 heteroatoms. The van der Waals surface area contributed by atoms with Crippen molar-refractivity contribution in [3.05, 3.63) is 67.3 Å². The van der Waals surface area contributed by atoms with Crippen LogP contribution in [0.2, 0.25) is 0 Å². The van der Waals surface area contributed by atoms with E-state index in [-0.39, 0.29) is 23.6 Å². The third-order valence-corrected chi connectivity index (χ3v) is 8.13. The van der Waals surface area contributed by atoms with Gasteiger partial charge in [0.15, 0.2) is 5.78 Å². The normalized spacial score (nSPS) is 21.5. The number of ketones is 1. The van der Waals surface area contributed by atoms with Crippen molar-refractivity contribution in [3.63, 3.8) is 0 Å². The fraction of sp³-hybridized carbons (Fsp3) is 0.391. The number of carbonyl (C=O) groups excluding carboxylic acids is 2. The largest absolute Gasteiger partial charge is 0.461 e. The molecule has 1 aliphatic heterocycles. The number of hydrogen-bond acceptors (Lipinski definition) is 7. The maximum absolute atomic E-state index is 13.3. The van der Waals surface area contributed by atoms with Crippen LogP contribution < -0.4 is 5.32 Å². The number of carbonyl (C=O) groups is 2. The summed E-state index contributed by atoms with van der Waals surface area (Å²) < 4.78 is 5.59. The van der Waals surface area contributed by atoms with E-state index in [0.717, 1.165) is 40.5 Å². The highest BCUT2D eigenvalue weighted by atomic mass is 32.2. The van der Waals surface area contributed by atoms with Gasteiger partial charge < -0.3 is 10.1 Å². The molecule has 4 rings (SSSR count). The fourth-order valence-electron chi connectivity index (χ4n) is 4.22. The number of hydrogen-bond donors (Lipinski definition) is 1. The molecule has 0 amide bonds. The molecule has 2 aromatic rings. The second-order valence-electron chi connectivity index (χ2n) is 7.42. The van der Waals surface area contributed by atoms with Crippen LogP contribution in [-0.4, -0.2) is 29.9 Å². The Morgan fingerprint density at radius 1 is 1.30 bits per heavy atom. The zero-order chi connectivity index (χ0) is 21.1. The number of Topliss-reactive ketones (excluding diaryl/α,β-unsaturated/α-hetero) is 1. The predicted molar refractivity (Wildman–Crippen MR) is 125 cm³/mol. The summed E-state index contributed by atoms with van der Waals surface area (Å²) >= 11 is 5.02. The van der Waals surface area contributed by atoms with Crippen LogP contribution in [0.15, 0.2) is 56.9 Å². The second kappa shape index (κ2) is 9.54. The summed E-state index contributed by atoms with van der Waals surface area (Å²) in [6.45, 7) is 4.38. The van der Waals surface area contributed by atoms with E-state index in [4.69, 9.17) is 4.74 Å². The molecule has 4 nitrogen and oxygen atoms in total. The Hall–Kier alpha value is -1.83. The van der Waals surface area contributed by atoms with E-state index < -0.39 is 0 Å². The first-order valence-corrected chi connectivity index (χ1v) is 13.1. The van der Waals surface area contributed by atoms with Crippen molar-refractivity contribution in [2.45, 2.75) is 38.5 Å². The first-order valence-electron chi connectivity index (χ1n) is 10.1. The average Bonchev–Trinajstić information content (AvgIpc) is 3.44. The quantitative estimate of drug-likeness (QED) is 0.440. The van der Waals surface area contributed by atoms with Crippen molar-refractivity contribution in [3.8, 4) is 0 Å². The van der Waals surface area contributed by atoms with E-state index >= 15 is 0 Å². The fourth-order valence-corrected chi connectivity index (χ4v) is 6.23. The Labute approximate surface area is 189 Å². The molecule has 1 aliphatic carbocycles. The highest BCUT2D eigenvalue weighted by Gasteiger charge is 2.41. The van der Waals surface area contributed by atoms with Crippen molar-refractivity contribution < 1.29 is 14.3 Å². The summed E-state index contributed by atoms with van der Waals surface area (Å²) in [7, 11) is 0.